The molecule has 1 atom stereocenters. The van der Waals surface area contributed by atoms with E-state index in [9.17, 15) is 4.79 Å². The first-order valence-corrected chi connectivity index (χ1v) is 9.96. The van der Waals surface area contributed by atoms with Crippen LogP contribution in [0.4, 0.5) is 0 Å². The highest BCUT2D eigenvalue weighted by molar-refractivity contribution is 5.81. The third-order valence-corrected chi connectivity index (χ3v) is 5.32. The molecular weight excluding hydrogens is 388 g/mol. The van der Waals surface area contributed by atoms with Crippen molar-refractivity contribution in [2.75, 3.05) is 0 Å². The fraction of sp³-hybridized carbons (Fsp3) is 0.208. The van der Waals surface area contributed by atoms with Crippen molar-refractivity contribution in [3.05, 3.63) is 77.5 Å². The molecule has 0 aliphatic carbocycles. The summed E-state index contributed by atoms with van der Waals surface area (Å²) in [5, 5.41) is 29.2. The van der Waals surface area contributed by atoms with Crippen molar-refractivity contribution in [3.8, 4) is 12.1 Å². The highest BCUT2D eigenvalue weighted by Gasteiger charge is 2.28. The van der Waals surface area contributed by atoms with Crippen LogP contribution in [-0.2, 0) is 11.3 Å². The molecule has 1 aliphatic rings. The minimum Gasteiger partial charge on any atom is -0.273 e. The van der Waals surface area contributed by atoms with Crippen LogP contribution < -0.4 is 0 Å². The number of fused-ring (bicyclic) bond motifs is 1. The summed E-state index contributed by atoms with van der Waals surface area (Å²) >= 11 is 0. The topological polar surface area (TPSA) is 98.1 Å². The molecule has 7 heteroatoms. The van der Waals surface area contributed by atoms with Gasteiger partial charge in [0, 0.05) is 24.4 Å². The van der Waals surface area contributed by atoms with Gasteiger partial charge in [-0.1, -0.05) is 24.3 Å². The van der Waals surface area contributed by atoms with Crippen LogP contribution in [0.2, 0.25) is 0 Å². The molecule has 7 nitrogen and oxygen atoms in total. The number of carbonyl (C=O) groups is 1. The lowest BCUT2D eigenvalue weighted by atomic mass is 10.0. The number of benzene rings is 2. The van der Waals surface area contributed by atoms with E-state index in [4.69, 9.17) is 10.5 Å². The van der Waals surface area contributed by atoms with E-state index in [1.165, 1.54) is 5.01 Å². The monoisotopic (exact) mass is 408 g/mol. The molecule has 3 aromatic rings. The van der Waals surface area contributed by atoms with Gasteiger partial charge in [0.2, 0.25) is 5.91 Å². The summed E-state index contributed by atoms with van der Waals surface area (Å²) in [6.45, 7) is 4.61. The Morgan fingerprint density at radius 3 is 2.74 bits per heavy atom. The van der Waals surface area contributed by atoms with Crippen LogP contribution in [0.5, 0.6) is 0 Å². The second-order valence-corrected chi connectivity index (χ2v) is 7.46. The van der Waals surface area contributed by atoms with Crippen LogP contribution in [0.25, 0.3) is 10.9 Å². The summed E-state index contributed by atoms with van der Waals surface area (Å²) < 4.78 is 1.83. The third kappa shape index (κ3) is 4.22. The van der Waals surface area contributed by atoms with Gasteiger partial charge in [-0.3, -0.25) is 9.48 Å². The highest BCUT2D eigenvalue weighted by Crippen LogP contribution is 2.29. The number of nitriles is 2. The van der Waals surface area contributed by atoms with E-state index < -0.39 is 0 Å². The summed E-state index contributed by atoms with van der Waals surface area (Å²) in [5.41, 5.74) is 3.88. The summed E-state index contributed by atoms with van der Waals surface area (Å²) in [7, 11) is 0. The molecule has 0 radical (unpaired) electrons. The Morgan fingerprint density at radius 1 is 1.13 bits per heavy atom. The Balaban J connectivity index is 1.38. The van der Waals surface area contributed by atoms with E-state index in [2.05, 4.69) is 28.9 Å². The largest absolute Gasteiger partial charge is 0.273 e. The lowest BCUT2D eigenvalue weighted by Gasteiger charge is -2.22. The van der Waals surface area contributed by atoms with Crippen molar-refractivity contribution in [1.82, 2.24) is 14.8 Å². The van der Waals surface area contributed by atoms with E-state index >= 15 is 0 Å². The number of aromatic nitrogens is 2. The quantitative estimate of drug-likeness (QED) is 0.574. The number of hydrazone groups is 1. The van der Waals surface area contributed by atoms with Crippen LogP contribution in [0.1, 0.15) is 42.0 Å². The summed E-state index contributed by atoms with van der Waals surface area (Å²) in [5.74, 6) is -0.0775. The van der Waals surface area contributed by atoms with E-state index in [-0.39, 0.29) is 11.9 Å². The van der Waals surface area contributed by atoms with E-state index in [0.29, 0.717) is 36.9 Å². The predicted octanol–water partition coefficient (Wildman–Crippen LogP) is 4.08. The minimum atomic E-state index is -0.182. The first kappa shape index (κ1) is 20.1. The van der Waals surface area contributed by atoms with Crippen molar-refractivity contribution < 1.29 is 4.79 Å². The maximum atomic E-state index is 12.8. The van der Waals surface area contributed by atoms with Gasteiger partial charge >= 0.3 is 0 Å². The fourth-order valence-corrected chi connectivity index (χ4v) is 3.72. The second-order valence-electron chi connectivity index (χ2n) is 7.46. The second kappa shape index (κ2) is 8.64. The van der Waals surface area contributed by atoms with Crippen LogP contribution in [-0.4, -0.2) is 26.9 Å². The van der Waals surface area contributed by atoms with Crippen molar-refractivity contribution in [2.45, 2.75) is 31.8 Å². The molecule has 1 aromatic heterocycles. The molecule has 4 rings (SSSR count). The molecule has 0 fully saturated rings. The molecule has 152 valence electrons. The molecular formula is C24H20N6O. The number of amides is 1. The Labute approximate surface area is 180 Å². The molecule has 0 bridgehead atoms. The number of hydrogen-bond acceptors (Lipinski definition) is 5. The Morgan fingerprint density at radius 2 is 1.94 bits per heavy atom. The Kier molecular flexibility index (Phi) is 5.59. The molecule has 2 aromatic carbocycles. The van der Waals surface area contributed by atoms with Crippen LogP contribution >= 0.6 is 0 Å². The standard InChI is InChI=1S/C24H20N6O/c1-17(16-29-22-7-6-19(14-26)12-21(22)15-28-29)5-8-24(31)30-23(9-10-27-30)20-4-2-3-18(11-20)13-25/h2-4,6-7,10-12,15,23H,1,5,8-9,16H2. The molecule has 0 N–H and O–H groups in total. The smallest absolute Gasteiger partial charge is 0.243 e. The first-order chi connectivity index (χ1) is 15.1. The molecule has 2 heterocycles. The molecule has 31 heavy (non-hydrogen) atoms. The number of allylic oxidation sites excluding steroid dienone is 1. The Bertz CT molecular complexity index is 1270. The fourth-order valence-electron chi connectivity index (χ4n) is 3.72. The Hall–Kier alpha value is -4.23. The molecule has 0 saturated heterocycles. The molecule has 1 amide bonds. The van der Waals surface area contributed by atoms with Gasteiger partial charge in [0.05, 0.1) is 47.6 Å². The van der Waals surface area contributed by atoms with Gasteiger partial charge in [0.1, 0.15) is 0 Å². The minimum absolute atomic E-state index is 0.0775. The predicted molar refractivity (Wildman–Crippen MR) is 117 cm³/mol. The van der Waals surface area contributed by atoms with Gasteiger partial charge in [-0.2, -0.15) is 20.7 Å². The van der Waals surface area contributed by atoms with E-state index in [0.717, 1.165) is 22.0 Å². The number of hydrogen-bond donors (Lipinski definition) is 0. The lowest BCUT2D eigenvalue weighted by Crippen LogP contribution is -2.27. The zero-order valence-corrected chi connectivity index (χ0v) is 16.9. The van der Waals surface area contributed by atoms with Crippen molar-refractivity contribution in [1.29, 1.82) is 10.5 Å². The SMILES string of the molecule is C=C(CCC(=O)N1N=CCC1c1cccc(C#N)c1)Cn1ncc2cc(C#N)ccc21. The first-order valence-electron chi connectivity index (χ1n) is 9.96. The summed E-state index contributed by atoms with van der Waals surface area (Å²) in [6, 6.07) is 16.8. The van der Waals surface area contributed by atoms with Gasteiger partial charge in [0.25, 0.3) is 0 Å². The van der Waals surface area contributed by atoms with Gasteiger partial charge < -0.3 is 0 Å². The zero-order chi connectivity index (χ0) is 21.8. The van der Waals surface area contributed by atoms with Gasteiger partial charge in [-0.05, 0) is 42.3 Å². The van der Waals surface area contributed by atoms with E-state index in [1.54, 1.807) is 36.7 Å². The molecule has 0 saturated carbocycles. The number of carbonyl (C=O) groups excluding carboxylic acids is 1. The third-order valence-electron chi connectivity index (χ3n) is 5.32. The van der Waals surface area contributed by atoms with Gasteiger partial charge in [-0.15, -0.1) is 0 Å². The average Bonchev–Trinajstić information content (AvgIpc) is 3.44. The average molecular weight is 408 g/mol. The maximum Gasteiger partial charge on any atom is 0.243 e. The number of rotatable bonds is 6. The van der Waals surface area contributed by atoms with Gasteiger partial charge in [-0.25, -0.2) is 5.01 Å². The lowest BCUT2D eigenvalue weighted by molar-refractivity contribution is -0.133. The zero-order valence-electron chi connectivity index (χ0n) is 16.9. The van der Waals surface area contributed by atoms with Crippen molar-refractivity contribution in [2.24, 2.45) is 5.10 Å². The van der Waals surface area contributed by atoms with Crippen LogP contribution in [0.15, 0.2) is 65.9 Å². The van der Waals surface area contributed by atoms with Crippen molar-refractivity contribution >= 4 is 23.0 Å². The van der Waals surface area contributed by atoms with Crippen molar-refractivity contribution in [3.63, 3.8) is 0 Å². The normalized spacial score (nSPS) is 15.0. The molecule has 1 unspecified atom stereocenters. The number of nitrogens with zero attached hydrogens (tertiary/aromatic N) is 6. The summed E-state index contributed by atoms with van der Waals surface area (Å²) in [4.78, 5) is 12.8. The van der Waals surface area contributed by atoms with E-state index in [1.807, 2.05) is 22.9 Å². The highest BCUT2D eigenvalue weighted by atomic mass is 16.2. The van der Waals surface area contributed by atoms with Gasteiger partial charge in [0.15, 0.2) is 0 Å². The maximum absolute atomic E-state index is 12.8. The summed E-state index contributed by atoms with van der Waals surface area (Å²) in [6.07, 6.45) is 4.91. The van der Waals surface area contributed by atoms with Crippen LogP contribution in [0, 0.1) is 22.7 Å². The molecule has 1 aliphatic heterocycles. The molecule has 0 spiro atoms. The van der Waals surface area contributed by atoms with Crippen LogP contribution in [0.3, 0.4) is 0 Å².